The summed E-state index contributed by atoms with van der Waals surface area (Å²) in [6.07, 6.45) is 7.00. The summed E-state index contributed by atoms with van der Waals surface area (Å²) in [4.78, 5) is 0. The molecule has 1 saturated carbocycles. The minimum atomic E-state index is -1.91. The van der Waals surface area contributed by atoms with Gasteiger partial charge in [-0.05, 0) is 17.5 Å². The van der Waals surface area contributed by atoms with Gasteiger partial charge in [0.25, 0.3) is 0 Å². The van der Waals surface area contributed by atoms with Gasteiger partial charge >= 0.3 is 8.56 Å². The zero-order valence-electron chi connectivity index (χ0n) is 10.7. The first-order valence-electron chi connectivity index (χ1n) is 6.25. The lowest BCUT2D eigenvalue weighted by atomic mass is 9.91. The second-order valence-electron chi connectivity index (χ2n) is 5.08. The van der Waals surface area contributed by atoms with E-state index < -0.39 is 8.56 Å². The molecule has 1 fully saturated rings. The van der Waals surface area contributed by atoms with Crippen LogP contribution in [0.4, 0.5) is 0 Å². The lowest BCUT2D eigenvalue weighted by Gasteiger charge is -2.35. The fraction of sp³-hybridized carbons (Fsp3) is 1.00. The van der Waals surface area contributed by atoms with Crippen molar-refractivity contribution >= 4 is 8.56 Å². The summed E-state index contributed by atoms with van der Waals surface area (Å²) in [5.74, 6) is 0.854. The van der Waals surface area contributed by atoms with Crippen LogP contribution in [0.1, 0.15) is 46.0 Å². The standard InChI is InChI=1S/C12H26O2Si/c1-11(2)15(13-3,14-4)10-12-8-6-5-7-9-12/h11-12H,5-10H2,1-4H3. The van der Waals surface area contributed by atoms with Gasteiger partial charge in [-0.25, -0.2) is 0 Å². The van der Waals surface area contributed by atoms with Crippen LogP contribution in [0.25, 0.3) is 0 Å². The first kappa shape index (κ1) is 13.2. The molecule has 0 bridgehead atoms. The lowest BCUT2D eigenvalue weighted by molar-refractivity contribution is 0.217. The van der Waals surface area contributed by atoms with Gasteiger partial charge in [0.05, 0.1) is 0 Å². The van der Waals surface area contributed by atoms with Gasteiger partial charge in [0, 0.05) is 14.2 Å². The highest BCUT2D eigenvalue weighted by Gasteiger charge is 2.41. The minimum absolute atomic E-state index is 0.550. The van der Waals surface area contributed by atoms with Crippen LogP contribution in [0.15, 0.2) is 0 Å². The van der Waals surface area contributed by atoms with Crippen LogP contribution in [0, 0.1) is 5.92 Å². The van der Waals surface area contributed by atoms with Crippen molar-refractivity contribution in [1.82, 2.24) is 0 Å². The summed E-state index contributed by atoms with van der Waals surface area (Å²) in [5, 5.41) is 0. The van der Waals surface area contributed by atoms with Gasteiger partial charge in [0.15, 0.2) is 0 Å². The topological polar surface area (TPSA) is 18.5 Å². The molecule has 90 valence electrons. The summed E-state index contributed by atoms with van der Waals surface area (Å²) >= 11 is 0. The molecular formula is C12H26O2Si. The van der Waals surface area contributed by atoms with E-state index in [9.17, 15) is 0 Å². The second kappa shape index (κ2) is 6.02. The van der Waals surface area contributed by atoms with Crippen molar-refractivity contribution in [3.05, 3.63) is 0 Å². The van der Waals surface area contributed by atoms with Gasteiger partial charge in [-0.2, -0.15) is 0 Å². The highest BCUT2D eigenvalue weighted by Crippen LogP contribution is 2.36. The van der Waals surface area contributed by atoms with E-state index in [1.165, 1.54) is 38.1 Å². The van der Waals surface area contributed by atoms with E-state index in [-0.39, 0.29) is 0 Å². The monoisotopic (exact) mass is 230 g/mol. The number of rotatable bonds is 5. The predicted octanol–water partition coefficient (Wildman–Crippen LogP) is 3.71. The largest absolute Gasteiger partial charge is 0.397 e. The molecule has 1 aliphatic rings. The van der Waals surface area contributed by atoms with E-state index in [0.29, 0.717) is 5.54 Å². The zero-order valence-corrected chi connectivity index (χ0v) is 11.7. The molecule has 0 aromatic rings. The Hall–Kier alpha value is 0.137. The molecule has 0 atom stereocenters. The van der Waals surface area contributed by atoms with Crippen molar-refractivity contribution in [2.45, 2.75) is 57.5 Å². The third kappa shape index (κ3) is 3.30. The molecule has 0 spiro atoms. The first-order valence-corrected chi connectivity index (χ1v) is 8.35. The van der Waals surface area contributed by atoms with Gasteiger partial charge in [-0.15, -0.1) is 0 Å². The molecular weight excluding hydrogens is 204 g/mol. The molecule has 2 nitrogen and oxygen atoms in total. The third-order valence-corrected chi connectivity index (χ3v) is 8.16. The van der Waals surface area contributed by atoms with Gasteiger partial charge in [0.2, 0.25) is 0 Å². The summed E-state index contributed by atoms with van der Waals surface area (Å²) in [6, 6.07) is 1.19. The van der Waals surface area contributed by atoms with Crippen molar-refractivity contribution in [2.75, 3.05) is 14.2 Å². The molecule has 0 saturated heterocycles. The van der Waals surface area contributed by atoms with Gasteiger partial charge < -0.3 is 8.85 Å². The Morgan fingerprint density at radius 2 is 1.60 bits per heavy atom. The van der Waals surface area contributed by atoms with Crippen LogP contribution in [0.2, 0.25) is 11.6 Å². The van der Waals surface area contributed by atoms with E-state index in [1.54, 1.807) is 0 Å². The Balaban J connectivity index is 2.56. The van der Waals surface area contributed by atoms with Crippen molar-refractivity contribution in [3.63, 3.8) is 0 Å². The van der Waals surface area contributed by atoms with Crippen LogP contribution < -0.4 is 0 Å². The molecule has 0 amide bonds. The highest BCUT2D eigenvalue weighted by molar-refractivity contribution is 6.68. The fourth-order valence-corrected chi connectivity index (χ4v) is 5.88. The Labute approximate surface area is 95.6 Å². The van der Waals surface area contributed by atoms with E-state index in [1.807, 2.05) is 14.2 Å². The van der Waals surface area contributed by atoms with Crippen LogP contribution >= 0.6 is 0 Å². The maximum atomic E-state index is 5.77. The third-order valence-electron chi connectivity index (χ3n) is 3.87. The molecule has 1 rings (SSSR count). The SMILES string of the molecule is CO[Si](CC1CCCCC1)(OC)C(C)C. The van der Waals surface area contributed by atoms with E-state index in [0.717, 1.165) is 5.92 Å². The molecule has 0 N–H and O–H groups in total. The van der Waals surface area contributed by atoms with Gasteiger partial charge in [-0.3, -0.25) is 0 Å². The van der Waals surface area contributed by atoms with E-state index >= 15 is 0 Å². The normalized spacial score (nSPS) is 19.8. The maximum Gasteiger partial charge on any atom is 0.340 e. The van der Waals surface area contributed by atoms with E-state index in [4.69, 9.17) is 8.85 Å². The number of hydrogen-bond donors (Lipinski definition) is 0. The van der Waals surface area contributed by atoms with Crippen molar-refractivity contribution in [1.29, 1.82) is 0 Å². The van der Waals surface area contributed by atoms with Gasteiger partial charge in [-0.1, -0.05) is 46.0 Å². The van der Waals surface area contributed by atoms with Crippen LogP contribution in [-0.2, 0) is 8.85 Å². The van der Waals surface area contributed by atoms with E-state index in [2.05, 4.69) is 13.8 Å². The summed E-state index contributed by atoms with van der Waals surface area (Å²) in [6.45, 7) is 4.48. The molecule has 0 aromatic heterocycles. The van der Waals surface area contributed by atoms with Crippen molar-refractivity contribution < 1.29 is 8.85 Å². The maximum absolute atomic E-state index is 5.77. The molecule has 1 aliphatic carbocycles. The zero-order chi connectivity index (χ0) is 11.3. The predicted molar refractivity (Wildman–Crippen MR) is 66.3 cm³/mol. The molecule has 3 heteroatoms. The Kier molecular flexibility index (Phi) is 5.30. The molecule has 0 aliphatic heterocycles. The average Bonchev–Trinajstić information content (AvgIpc) is 2.27. The summed E-state index contributed by atoms with van der Waals surface area (Å²) in [5.41, 5.74) is 0.550. The van der Waals surface area contributed by atoms with Crippen LogP contribution in [0.3, 0.4) is 0 Å². The Morgan fingerprint density at radius 3 is 2.00 bits per heavy atom. The lowest BCUT2D eigenvalue weighted by Crippen LogP contribution is -2.45. The average molecular weight is 230 g/mol. The highest BCUT2D eigenvalue weighted by atomic mass is 28.4. The fourth-order valence-electron chi connectivity index (χ4n) is 2.75. The Bertz CT molecular complexity index is 172. The molecule has 0 unspecified atom stereocenters. The first-order chi connectivity index (χ1) is 7.14. The smallest absolute Gasteiger partial charge is 0.340 e. The quantitative estimate of drug-likeness (QED) is 0.670. The number of hydrogen-bond acceptors (Lipinski definition) is 2. The van der Waals surface area contributed by atoms with Gasteiger partial charge in [0.1, 0.15) is 0 Å². The minimum Gasteiger partial charge on any atom is -0.397 e. The summed E-state index contributed by atoms with van der Waals surface area (Å²) < 4.78 is 11.5. The second-order valence-corrected chi connectivity index (χ2v) is 9.09. The van der Waals surface area contributed by atoms with Crippen molar-refractivity contribution in [2.24, 2.45) is 5.92 Å². The molecule has 15 heavy (non-hydrogen) atoms. The molecule has 0 heterocycles. The van der Waals surface area contributed by atoms with Crippen molar-refractivity contribution in [3.8, 4) is 0 Å². The van der Waals surface area contributed by atoms with Crippen LogP contribution in [0.5, 0.6) is 0 Å². The summed E-state index contributed by atoms with van der Waals surface area (Å²) in [7, 11) is 1.76. The molecule has 0 radical (unpaired) electrons. The van der Waals surface area contributed by atoms with Crippen LogP contribution in [-0.4, -0.2) is 22.8 Å². The Morgan fingerprint density at radius 1 is 1.07 bits per heavy atom. The molecule has 0 aromatic carbocycles.